The molecular formula is C22H40IN5O. The lowest BCUT2D eigenvalue weighted by molar-refractivity contribution is 0.152. The molecule has 29 heavy (non-hydrogen) atoms. The third-order valence-corrected chi connectivity index (χ3v) is 5.09. The molecule has 1 aliphatic heterocycles. The Hall–Kier alpha value is -1.06. The SMILES string of the molecule is CCNC(=NCCCCN1CCN(C)CC1)N(C)Cc1ccc(OCC)cc1.I. The van der Waals surface area contributed by atoms with Gasteiger partial charge in [0.15, 0.2) is 5.96 Å². The third kappa shape index (κ3) is 10.00. The van der Waals surface area contributed by atoms with Gasteiger partial charge < -0.3 is 24.8 Å². The molecule has 0 saturated carbocycles. The van der Waals surface area contributed by atoms with Gasteiger partial charge in [-0.15, -0.1) is 24.0 Å². The van der Waals surface area contributed by atoms with Gasteiger partial charge in [0.05, 0.1) is 6.61 Å². The normalized spacial score (nSPS) is 15.7. The van der Waals surface area contributed by atoms with Crippen LogP contribution in [0, 0.1) is 0 Å². The molecule has 0 radical (unpaired) electrons. The van der Waals surface area contributed by atoms with E-state index >= 15 is 0 Å². The molecule has 0 aliphatic carbocycles. The Morgan fingerprint density at radius 2 is 1.79 bits per heavy atom. The van der Waals surface area contributed by atoms with Gasteiger partial charge in [-0.2, -0.15) is 0 Å². The van der Waals surface area contributed by atoms with E-state index in [1.807, 2.05) is 19.1 Å². The number of unbranched alkanes of at least 4 members (excludes halogenated alkanes) is 1. The molecule has 1 aromatic rings. The molecule has 2 rings (SSSR count). The van der Waals surface area contributed by atoms with Crippen LogP contribution >= 0.6 is 24.0 Å². The summed E-state index contributed by atoms with van der Waals surface area (Å²) in [5, 5.41) is 3.41. The van der Waals surface area contributed by atoms with Gasteiger partial charge in [-0.1, -0.05) is 12.1 Å². The van der Waals surface area contributed by atoms with E-state index in [0.29, 0.717) is 6.61 Å². The number of nitrogens with one attached hydrogen (secondary N) is 1. The van der Waals surface area contributed by atoms with Gasteiger partial charge in [0.1, 0.15) is 5.75 Å². The van der Waals surface area contributed by atoms with E-state index in [9.17, 15) is 0 Å². The number of nitrogens with zero attached hydrogens (tertiary/aromatic N) is 4. The van der Waals surface area contributed by atoms with Gasteiger partial charge in [0.2, 0.25) is 0 Å². The minimum absolute atomic E-state index is 0. The van der Waals surface area contributed by atoms with E-state index in [4.69, 9.17) is 9.73 Å². The standard InChI is InChI=1S/C22H39N5O.HI/c1-5-23-22(24-13-7-8-14-27-17-15-25(3)16-18-27)26(4)19-20-9-11-21(12-10-20)28-6-2;/h9-12H,5-8,13-19H2,1-4H3,(H,23,24);1H. The first-order chi connectivity index (χ1) is 13.6. The molecule has 1 saturated heterocycles. The first-order valence-corrected chi connectivity index (χ1v) is 10.7. The van der Waals surface area contributed by atoms with Crippen molar-refractivity contribution in [3.05, 3.63) is 29.8 Å². The largest absolute Gasteiger partial charge is 0.494 e. The summed E-state index contributed by atoms with van der Waals surface area (Å²) in [6.45, 7) is 13.4. The monoisotopic (exact) mass is 517 g/mol. The minimum atomic E-state index is 0. The summed E-state index contributed by atoms with van der Waals surface area (Å²) >= 11 is 0. The van der Waals surface area contributed by atoms with Gasteiger partial charge in [-0.25, -0.2) is 0 Å². The molecule has 1 heterocycles. The first kappa shape index (κ1) is 26.0. The predicted molar refractivity (Wildman–Crippen MR) is 134 cm³/mol. The molecule has 0 spiro atoms. The van der Waals surface area contributed by atoms with Gasteiger partial charge in [-0.3, -0.25) is 4.99 Å². The maximum Gasteiger partial charge on any atom is 0.193 e. The summed E-state index contributed by atoms with van der Waals surface area (Å²) in [4.78, 5) is 12.0. The van der Waals surface area contributed by atoms with Crippen LogP contribution in [-0.4, -0.2) is 87.2 Å². The van der Waals surface area contributed by atoms with Gasteiger partial charge in [0.25, 0.3) is 0 Å². The summed E-state index contributed by atoms with van der Waals surface area (Å²) in [5.74, 6) is 1.91. The molecule has 0 atom stereocenters. The second-order valence-corrected chi connectivity index (χ2v) is 7.52. The lowest BCUT2D eigenvalue weighted by atomic mass is 10.2. The number of piperazine rings is 1. The van der Waals surface area contributed by atoms with Crippen LogP contribution < -0.4 is 10.1 Å². The fourth-order valence-electron chi connectivity index (χ4n) is 3.38. The highest BCUT2D eigenvalue weighted by Gasteiger charge is 2.12. The second kappa shape index (κ2) is 14.8. The summed E-state index contributed by atoms with van der Waals surface area (Å²) in [5.41, 5.74) is 1.26. The van der Waals surface area contributed by atoms with Crippen LogP contribution in [0.15, 0.2) is 29.3 Å². The minimum Gasteiger partial charge on any atom is -0.494 e. The molecule has 6 nitrogen and oxygen atoms in total. The number of ether oxygens (including phenoxy) is 1. The molecule has 0 unspecified atom stereocenters. The van der Waals surface area contributed by atoms with Crippen LogP contribution in [0.1, 0.15) is 32.3 Å². The Balaban J connectivity index is 0.00000420. The Kier molecular flexibility index (Phi) is 13.3. The van der Waals surface area contributed by atoms with Crippen LogP contribution in [-0.2, 0) is 6.54 Å². The molecule has 7 heteroatoms. The van der Waals surface area contributed by atoms with Crippen molar-refractivity contribution >= 4 is 29.9 Å². The van der Waals surface area contributed by atoms with E-state index in [2.05, 4.69) is 53.2 Å². The lowest BCUT2D eigenvalue weighted by Gasteiger charge is -2.32. The number of likely N-dealkylation sites (N-methyl/N-ethyl adjacent to an activating group) is 1. The molecule has 1 N–H and O–H groups in total. The number of hydrogen-bond acceptors (Lipinski definition) is 4. The Morgan fingerprint density at radius 1 is 1.10 bits per heavy atom. The van der Waals surface area contributed by atoms with Crippen molar-refractivity contribution in [3.8, 4) is 5.75 Å². The smallest absolute Gasteiger partial charge is 0.193 e. The van der Waals surface area contributed by atoms with E-state index in [1.165, 1.54) is 44.7 Å². The third-order valence-electron chi connectivity index (χ3n) is 5.09. The average molecular weight is 518 g/mol. The highest BCUT2D eigenvalue weighted by Crippen LogP contribution is 2.13. The number of aliphatic imine (C=N–C) groups is 1. The quantitative estimate of drug-likeness (QED) is 0.224. The zero-order valence-corrected chi connectivity index (χ0v) is 21.0. The number of guanidine groups is 1. The maximum absolute atomic E-state index is 5.52. The highest BCUT2D eigenvalue weighted by molar-refractivity contribution is 14.0. The van der Waals surface area contributed by atoms with Crippen molar-refractivity contribution in [2.75, 3.05) is 66.5 Å². The Labute approximate surface area is 194 Å². The van der Waals surface area contributed by atoms with Crippen molar-refractivity contribution in [2.24, 2.45) is 4.99 Å². The summed E-state index contributed by atoms with van der Waals surface area (Å²) in [6.07, 6.45) is 2.35. The molecule has 1 fully saturated rings. The van der Waals surface area contributed by atoms with Crippen LogP contribution in [0.2, 0.25) is 0 Å². The van der Waals surface area contributed by atoms with Gasteiger partial charge in [-0.05, 0) is 58.0 Å². The molecule has 0 aromatic heterocycles. The molecule has 166 valence electrons. The molecule has 0 bridgehead atoms. The predicted octanol–water partition coefficient (Wildman–Crippen LogP) is 3.13. The lowest BCUT2D eigenvalue weighted by Crippen LogP contribution is -2.44. The molecule has 1 aliphatic rings. The van der Waals surface area contributed by atoms with Crippen LogP contribution in [0.3, 0.4) is 0 Å². The molecule has 0 amide bonds. The fourth-order valence-corrected chi connectivity index (χ4v) is 3.38. The summed E-state index contributed by atoms with van der Waals surface area (Å²) in [6, 6.07) is 8.33. The summed E-state index contributed by atoms with van der Waals surface area (Å²) < 4.78 is 5.52. The van der Waals surface area contributed by atoms with Gasteiger partial charge >= 0.3 is 0 Å². The van der Waals surface area contributed by atoms with Gasteiger partial charge in [0, 0.05) is 52.9 Å². The maximum atomic E-state index is 5.52. The van der Waals surface area contributed by atoms with Crippen molar-refractivity contribution in [1.29, 1.82) is 0 Å². The number of benzene rings is 1. The number of hydrogen-bond donors (Lipinski definition) is 1. The highest BCUT2D eigenvalue weighted by atomic mass is 127. The topological polar surface area (TPSA) is 43.3 Å². The van der Waals surface area contributed by atoms with Crippen molar-refractivity contribution in [1.82, 2.24) is 20.0 Å². The van der Waals surface area contributed by atoms with E-state index < -0.39 is 0 Å². The van der Waals surface area contributed by atoms with Crippen molar-refractivity contribution in [2.45, 2.75) is 33.2 Å². The second-order valence-electron chi connectivity index (χ2n) is 7.52. The molecule has 1 aromatic carbocycles. The fraction of sp³-hybridized carbons (Fsp3) is 0.682. The van der Waals surface area contributed by atoms with E-state index in [0.717, 1.165) is 37.8 Å². The van der Waals surface area contributed by atoms with Crippen LogP contribution in [0.5, 0.6) is 5.75 Å². The van der Waals surface area contributed by atoms with Crippen LogP contribution in [0.25, 0.3) is 0 Å². The number of rotatable bonds is 10. The zero-order valence-electron chi connectivity index (χ0n) is 18.7. The Morgan fingerprint density at radius 3 is 2.41 bits per heavy atom. The summed E-state index contributed by atoms with van der Waals surface area (Å²) in [7, 11) is 4.31. The van der Waals surface area contributed by atoms with E-state index in [-0.39, 0.29) is 24.0 Å². The Bertz CT molecular complexity index is 573. The van der Waals surface area contributed by atoms with E-state index in [1.54, 1.807) is 0 Å². The van der Waals surface area contributed by atoms with Crippen molar-refractivity contribution < 1.29 is 4.74 Å². The average Bonchev–Trinajstić information content (AvgIpc) is 2.70. The molecular weight excluding hydrogens is 477 g/mol. The number of halogens is 1. The van der Waals surface area contributed by atoms with Crippen molar-refractivity contribution in [3.63, 3.8) is 0 Å². The first-order valence-electron chi connectivity index (χ1n) is 10.7. The van der Waals surface area contributed by atoms with Crippen LogP contribution in [0.4, 0.5) is 0 Å². The zero-order chi connectivity index (χ0) is 20.2.